The average Bonchev–Trinajstić information content (AvgIpc) is 2.46. The lowest BCUT2D eigenvalue weighted by molar-refractivity contribution is -0.145. The number of aliphatic carboxylic acids is 1. The summed E-state index contributed by atoms with van der Waals surface area (Å²) in [4.78, 5) is 25.5. The van der Waals surface area contributed by atoms with Crippen molar-refractivity contribution in [2.24, 2.45) is 5.92 Å². The Kier molecular flexibility index (Phi) is 5.36. The quantitative estimate of drug-likeness (QED) is 0.654. The van der Waals surface area contributed by atoms with Crippen molar-refractivity contribution in [2.45, 2.75) is 17.7 Å². The van der Waals surface area contributed by atoms with E-state index in [1.165, 1.54) is 11.8 Å². The van der Waals surface area contributed by atoms with Crippen LogP contribution < -0.4 is 5.73 Å². The van der Waals surface area contributed by atoms with Crippen molar-refractivity contribution in [1.29, 1.82) is 0 Å². The first-order valence-corrected chi connectivity index (χ1v) is 8.02. The highest BCUT2D eigenvalue weighted by Gasteiger charge is 2.26. The second kappa shape index (κ2) is 7.04. The molecule has 0 radical (unpaired) electrons. The van der Waals surface area contributed by atoms with Gasteiger partial charge in [0.1, 0.15) is 0 Å². The molecule has 114 valence electrons. The normalized spacial score (nSPS) is 16.0. The van der Waals surface area contributed by atoms with E-state index in [1.807, 2.05) is 0 Å². The van der Waals surface area contributed by atoms with Crippen LogP contribution in [-0.2, 0) is 9.59 Å². The molecule has 1 aliphatic rings. The first kappa shape index (κ1) is 16.0. The van der Waals surface area contributed by atoms with Crippen molar-refractivity contribution in [1.82, 2.24) is 4.90 Å². The first-order chi connectivity index (χ1) is 9.97. The molecular weight excluding hydrogens is 312 g/mol. The highest BCUT2D eigenvalue weighted by molar-refractivity contribution is 8.00. The third-order valence-electron chi connectivity index (χ3n) is 3.52. The Bertz CT molecular complexity index is 545. The molecule has 2 rings (SSSR count). The fraction of sp³-hybridized carbons (Fsp3) is 0.429. The van der Waals surface area contributed by atoms with Gasteiger partial charge in [0.2, 0.25) is 5.91 Å². The molecule has 0 aliphatic carbocycles. The molecule has 0 unspecified atom stereocenters. The summed E-state index contributed by atoms with van der Waals surface area (Å²) in [5.74, 6) is -0.791. The molecule has 0 aromatic heterocycles. The molecule has 3 N–H and O–H groups in total. The molecule has 1 amide bonds. The zero-order chi connectivity index (χ0) is 15.4. The fourth-order valence-electron chi connectivity index (χ4n) is 2.26. The maximum absolute atomic E-state index is 12.1. The summed E-state index contributed by atoms with van der Waals surface area (Å²) in [5, 5.41) is 9.50. The van der Waals surface area contributed by atoms with Crippen LogP contribution >= 0.6 is 23.4 Å². The van der Waals surface area contributed by atoms with Crippen LogP contribution in [0.15, 0.2) is 23.1 Å². The SMILES string of the molecule is Nc1cc(Cl)ccc1SCC(=O)N1CCC(C(=O)O)CC1. The molecule has 0 saturated carbocycles. The lowest BCUT2D eigenvalue weighted by Crippen LogP contribution is -2.41. The Labute approximate surface area is 132 Å². The maximum Gasteiger partial charge on any atom is 0.306 e. The number of likely N-dealkylation sites (tertiary alicyclic amines) is 1. The number of hydrogen-bond acceptors (Lipinski definition) is 4. The van der Waals surface area contributed by atoms with E-state index >= 15 is 0 Å². The van der Waals surface area contributed by atoms with E-state index in [0.717, 1.165) is 4.90 Å². The van der Waals surface area contributed by atoms with E-state index in [0.29, 0.717) is 42.4 Å². The van der Waals surface area contributed by atoms with E-state index in [1.54, 1.807) is 23.1 Å². The third kappa shape index (κ3) is 4.28. The number of benzene rings is 1. The third-order valence-corrected chi connectivity index (χ3v) is 4.83. The zero-order valence-electron chi connectivity index (χ0n) is 11.4. The number of carbonyl (C=O) groups is 2. The van der Waals surface area contributed by atoms with Gasteiger partial charge in [-0.05, 0) is 31.0 Å². The van der Waals surface area contributed by atoms with E-state index in [2.05, 4.69) is 0 Å². The van der Waals surface area contributed by atoms with Gasteiger partial charge in [0.25, 0.3) is 0 Å². The molecule has 0 atom stereocenters. The average molecular weight is 329 g/mol. The predicted molar refractivity (Wildman–Crippen MR) is 83.5 cm³/mol. The van der Waals surface area contributed by atoms with Crippen molar-refractivity contribution in [2.75, 3.05) is 24.6 Å². The Morgan fingerprint density at radius 2 is 2.05 bits per heavy atom. The van der Waals surface area contributed by atoms with Crippen LogP contribution in [0.5, 0.6) is 0 Å². The lowest BCUT2D eigenvalue weighted by atomic mass is 9.97. The lowest BCUT2D eigenvalue weighted by Gasteiger charge is -2.30. The number of hydrogen-bond donors (Lipinski definition) is 2. The number of nitrogens with zero attached hydrogens (tertiary/aromatic N) is 1. The van der Waals surface area contributed by atoms with Gasteiger partial charge in [-0.2, -0.15) is 0 Å². The predicted octanol–water partition coefficient (Wildman–Crippen LogP) is 2.34. The highest BCUT2D eigenvalue weighted by atomic mass is 35.5. The maximum atomic E-state index is 12.1. The molecule has 5 nitrogen and oxygen atoms in total. The molecule has 1 aromatic rings. The number of amides is 1. The number of nitrogen functional groups attached to an aromatic ring is 1. The van der Waals surface area contributed by atoms with Crippen LogP contribution in [0, 0.1) is 5.92 Å². The van der Waals surface area contributed by atoms with Crippen LogP contribution in [0.4, 0.5) is 5.69 Å². The smallest absolute Gasteiger partial charge is 0.306 e. The number of thioether (sulfide) groups is 1. The number of anilines is 1. The largest absolute Gasteiger partial charge is 0.481 e. The van der Waals surface area contributed by atoms with Crippen LogP contribution in [0.2, 0.25) is 5.02 Å². The van der Waals surface area contributed by atoms with Crippen LogP contribution in [0.25, 0.3) is 0 Å². The summed E-state index contributed by atoms with van der Waals surface area (Å²) < 4.78 is 0. The van der Waals surface area contributed by atoms with Gasteiger partial charge in [0.15, 0.2) is 0 Å². The van der Waals surface area contributed by atoms with Gasteiger partial charge in [0, 0.05) is 28.7 Å². The number of carbonyl (C=O) groups excluding carboxylic acids is 1. The highest BCUT2D eigenvalue weighted by Crippen LogP contribution is 2.28. The van der Waals surface area contributed by atoms with Gasteiger partial charge in [0.05, 0.1) is 11.7 Å². The molecule has 1 heterocycles. The molecule has 0 spiro atoms. The minimum atomic E-state index is -0.773. The van der Waals surface area contributed by atoms with E-state index in [-0.39, 0.29) is 11.8 Å². The molecular formula is C14H17ClN2O3S. The van der Waals surface area contributed by atoms with Crippen LogP contribution in [0.1, 0.15) is 12.8 Å². The van der Waals surface area contributed by atoms with Crippen molar-refractivity contribution < 1.29 is 14.7 Å². The van der Waals surface area contributed by atoms with E-state index < -0.39 is 5.97 Å². The van der Waals surface area contributed by atoms with E-state index in [4.69, 9.17) is 22.4 Å². The fourth-order valence-corrected chi connectivity index (χ4v) is 3.29. The monoisotopic (exact) mass is 328 g/mol. The number of carboxylic acid groups (broad SMARTS) is 1. The summed E-state index contributed by atoms with van der Waals surface area (Å²) >= 11 is 7.20. The summed E-state index contributed by atoms with van der Waals surface area (Å²) in [7, 11) is 0. The molecule has 1 aromatic carbocycles. The number of nitrogens with two attached hydrogens (primary N) is 1. The number of carboxylic acids is 1. The van der Waals surface area contributed by atoms with Gasteiger partial charge >= 0.3 is 5.97 Å². The van der Waals surface area contributed by atoms with Gasteiger partial charge in [-0.25, -0.2) is 0 Å². The summed E-state index contributed by atoms with van der Waals surface area (Å²) in [5.41, 5.74) is 6.40. The molecule has 1 aliphatic heterocycles. The second-order valence-corrected chi connectivity index (χ2v) is 6.42. The van der Waals surface area contributed by atoms with E-state index in [9.17, 15) is 9.59 Å². The van der Waals surface area contributed by atoms with Gasteiger partial charge in [-0.3, -0.25) is 9.59 Å². The Morgan fingerprint density at radius 1 is 1.38 bits per heavy atom. The number of rotatable bonds is 4. The van der Waals surface area contributed by atoms with Gasteiger partial charge in [-0.1, -0.05) is 11.6 Å². The standard InChI is InChI=1S/C14H17ClN2O3S/c15-10-1-2-12(11(16)7-10)21-8-13(18)17-5-3-9(4-6-17)14(19)20/h1-2,7,9H,3-6,8,16H2,(H,19,20). The van der Waals surface area contributed by atoms with Gasteiger partial charge in [-0.15, -0.1) is 11.8 Å². The van der Waals surface area contributed by atoms with Gasteiger partial charge < -0.3 is 15.7 Å². The Morgan fingerprint density at radius 3 is 2.62 bits per heavy atom. The Hall–Kier alpha value is -1.40. The first-order valence-electron chi connectivity index (χ1n) is 6.66. The minimum Gasteiger partial charge on any atom is -0.481 e. The molecule has 1 fully saturated rings. The molecule has 7 heteroatoms. The molecule has 0 bridgehead atoms. The second-order valence-electron chi connectivity index (χ2n) is 4.96. The zero-order valence-corrected chi connectivity index (χ0v) is 13.0. The topological polar surface area (TPSA) is 83.6 Å². The summed E-state index contributed by atoms with van der Waals surface area (Å²) in [6, 6.07) is 5.20. The number of halogens is 1. The Balaban J connectivity index is 1.84. The van der Waals surface area contributed by atoms with Crippen LogP contribution in [0.3, 0.4) is 0 Å². The van der Waals surface area contributed by atoms with Crippen molar-refractivity contribution in [3.63, 3.8) is 0 Å². The summed E-state index contributed by atoms with van der Waals surface area (Å²) in [6.07, 6.45) is 1.05. The molecule has 21 heavy (non-hydrogen) atoms. The molecule has 1 saturated heterocycles. The number of piperidine rings is 1. The summed E-state index contributed by atoms with van der Waals surface area (Å²) in [6.45, 7) is 1.01. The van der Waals surface area contributed by atoms with Crippen LogP contribution in [-0.4, -0.2) is 40.7 Å². The van der Waals surface area contributed by atoms with Crippen molar-refractivity contribution in [3.05, 3.63) is 23.2 Å². The minimum absolute atomic E-state index is 0.0122. The van der Waals surface area contributed by atoms with Crippen molar-refractivity contribution >= 4 is 40.9 Å². The van der Waals surface area contributed by atoms with Crippen molar-refractivity contribution in [3.8, 4) is 0 Å².